The third-order valence-corrected chi connectivity index (χ3v) is 2.59. The molecule has 1 amide bonds. The Hall–Kier alpha value is -1.91. The number of carboxylic acids is 1. The van der Waals surface area contributed by atoms with Crippen LogP contribution in [0.25, 0.3) is 0 Å². The molecule has 1 aromatic rings. The molecule has 0 fully saturated rings. The minimum atomic E-state index is -0.895. The third kappa shape index (κ3) is 4.16. The number of benzene rings is 1. The molecule has 5 heteroatoms. The quantitative estimate of drug-likeness (QED) is 0.844. The van der Waals surface area contributed by atoms with Gasteiger partial charge in [0.15, 0.2) is 0 Å². The lowest BCUT2D eigenvalue weighted by atomic mass is 10.1. The predicted molar refractivity (Wildman–Crippen MR) is 64.9 cm³/mol. The van der Waals surface area contributed by atoms with E-state index in [1.165, 1.54) is 18.2 Å². The zero-order chi connectivity index (χ0) is 13.7. The highest BCUT2D eigenvalue weighted by Crippen LogP contribution is 2.09. The van der Waals surface area contributed by atoms with Gasteiger partial charge in [0, 0.05) is 18.0 Å². The Morgan fingerprint density at radius 1 is 1.44 bits per heavy atom. The maximum atomic E-state index is 13.0. The summed E-state index contributed by atoms with van der Waals surface area (Å²) in [6, 6.07) is 3.88. The number of nitrogens with one attached hydrogen (secondary N) is 1. The molecule has 0 heterocycles. The van der Waals surface area contributed by atoms with E-state index in [-0.39, 0.29) is 24.2 Å². The normalized spacial score (nSPS) is 11.9. The van der Waals surface area contributed by atoms with Crippen LogP contribution in [0, 0.1) is 12.7 Å². The van der Waals surface area contributed by atoms with Gasteiger partial charge in [0.2, 0.25) is 0 Å². The molecule has 0 saturated heterocycles. The van der Waals surface area contributed by atoms with E-state index in [4.69, 9.17) is 5.11 Å². The van der Waals surface area contributed by atoms with Crippen molar-refractivity contribution in [3.63, 3.8) is 0 Å². The molecule has 2 N–H and O–H groups in total. The number of rotatable bonds is 5. The zero-order valence-corrected chi connectivity index (χ0v) is 10.4. The van der Waals surface area contributed by atoms with Gasteiger partial charge in [-0.25, -0.2) is 4.39 Å². The number of carbonyl (C=O) groups is 2. The van der Waals surface area contributed by atoms with E-state index in [0.717, 1.165) is 0 Å². The van der Waals surface area contributed by atoms with Crippen LogP contribution in [0.5, 0.6) is 0 Å². The molecule has 18 heavy (non-hydrogen) atoms. The Labute approximate surface area is 105 Å². The maximum absolute atomic E-state index is 13.0. The van der Waals surface area contributed by atoms with Gasteiger partial charge in [-0.15, -0.1) is 0 Å². The lowest BCUT2D eigenvalue weighted by Crippen LogP contribution is -2.33. The van der Waals surface area contributed by atoms with E-state index >= 15 is 0 Å². The van der Waals surface area contributed by atoms with E-state index in [2.05, 4.69) is 5.32 Å². The minimum absolute atomic E-state index is 0.00386. The first kappa shape index (κ1) is 14.2. The summed E-state index contributed by atoms with van der Waals surface area (Å²) in [4.78, 5) is 22.2. The van der Waals surface area contributed by atoms with Crippen molar-refractivity contribution < 1.29 is 19.1 Å². The molecular weight excluding hydrogens is 237 g/mol. The van der Waals surface area contributed by atoms with Crippen molar-refractivity contribution in [1.29, 1.82) is 0 Å². The number of hydrogen-bond acceptors (Lipinski definition) is 2. The first-order valence-electron chi connectivity index (χ1n) is 5.69. The fraction of sp³-hybridized carbons (Fsp3) is 0.385. The number of hydrogen-bond donors (Lipinski definition) is 2. The largest absolute Gasteiger partial charge is 0.481 e. The maximum Gasteiger partial charge on any atom is 0.303 e. The molecule has 0 bridgehead atoms. The summed E-state index contributed by atoms with van der Waals surface area (Å²) < 4.78 is 13.0. The molecule has 1 atom stereocenters. The smallest absolute Gasteiger partial charge is 0.303 e. The fourth-order valence-corrected chi connectivity index (χ4v) is 1.51. The molecule has 0 saturated carbocycles. The number of aliphatic carboxylic acids is 1. The van der Waals surface area contributed by atoms with Crippen LogP contribution in [0.4, 0.5) is 4.39 Å². The monoisotopic (exact) mass is 253 g/mol. The van der Waals surface area contributed by atoms with E-state index in [0.29, 0.717) is 17.5 Å². The average molecular weight is 253 g/mol. The highest BCUT2D eigenvalue weighted by atomic mass is 19.1. The van der Waals surface area contributed by atoms with E-state index in [1.807, 2.05) is 0 Å². The molecule has 4 nitrogen and oxygen atoms in total. The second kappa shape index (κ2) is 6.14. The van der Waals surface area contributed by atoms with Gasteiger partial charge < -0.3 is 10.4 Å². The molecule has 1 aromatic carbocycles. The van der Waals surface area contributed by atoms with Crippen molar-refractivity contribution in [3.8, 4) is 0 Å². The van der Waals surface area contributed by atoms with Gasteiger partial charge in [-0.3, -0.25) is 9.59 Å². The van der Waals surface area contributed by atoms with Crippen LogP contribution in [0.1, 0.15) is 35.7 Å². The summed E-state index contributed by atoms with van der Waals surface area (Å²) in [6.45, 7) is 3.32. The van der Waals surface area contributed by atoms with Crippen LogP contribution in [0.2, 0.25) is 0 Å². The molecule has 0 aromatic heterocycles. The molecule has 1 unspecified atom stereocenters. The van der Waals surface area contributed by atoms with Gasteiger partial charge in [0.1, 0.15) is 5.82 Å². The molecule has 0 aliphatic heterocycles. The van der Waals surface area contributed by atoms with E-state index in [9.17, 15) is 14.0 Å². The van der Waals surface area contributed by atoms with Crippen molar-refractivity contribution in [2.24, 2.45) is 0 Å². The lowest BCUT2D eigenvalue weighted by molar-refractivity contribution is -0.137. The molecule has 0 aliphatic rings. The minimum Gasteiger partial charge on any atom is -0.481 e. The van der Waals surface area contributed by atoms with Gasteiger partial charge in [0.05, 0.1) is 0 Å². The van der Waals surface area contributed by atoms with Crippen LogP contribution in [-0.2, 0) is 4.79 Å². The van der Waals surface area contributed by atoms with Crippen molar-refractivity contribution in [1.82, 2.24) is 5.32 Å². The molecule has 0 radical (unpaired) electrons. The number of aryl methyl sites for hydroxylation is 1. The van der Waals surface area contributed by atoms with Crippen LogP contribution in [0.3, 0.4) is 0 Å². The summed E-state index contributed by atoms with van der Waals surface area (Å²) in [7, 11) is 0. The van der Waals surface area contributed by atoms with Crippen LogP contribution in [0.15, 0.2) is 18.2 Å². The Morgan fingerprint density at radius 2 is 2.11 bits per heavy atom. The number of amides is 1. The zero-order valence-electron chi connectivity index (χ0n) is 10.4. The van der Waals surface area contributed by atoms with Crippen molar-refractivity contribution in [3.05, 3.63) is 35.1 Å². The summed E-state index contributed by atoms with van der Waals surface area (Å²) >= 11 is 0. The Bertz CT molecular complexity index is 460. The van der Waals surface area contributed by atoms with Gasteiger partial charge in [0.25, 0.3) is 5.91 Å². The highest BCUT2D eigenvalue weighted by Gasteiger charge is 2.12. The Morgan fingerprint density at radius 3 is 2.67 bits per heavy atom. The van der Waals surface area contributed by atoms with Crippen LogP contribution < -0.4 is 5.32 Å². The second-order valence-corrected chi connectivity index (χ2v) is 4.27. The first-order valence-corrected chi connectivity index (χ1v) is 5.69. The molecular formula is C13H16FNO3. The van der Waals surface area contributed by atoms with Crippen molar-refractivity contribution in [2.45, 2.75) is 32.7 Å². The fourth-order valence-electron chi connectivity index (χ4n) is 1.51. The molecule has 0 aliphatic carbocycles. The summed E-state index contributed by atoms with van der Waals surface area (Å²) in [5.74, 6) is -1.57. The summed E-state index contributed by atoms with van der Waals surface area (Å²) in [6.07, 6.45) is 0.366. The topological polar surface area (TPSA) is 66.4 Å². The molecule has 98 valence electrons. The standard InChI is InChI=1S/C13H16FNO3/c1-8-7-10(4-5-11(8)14)13(18)15-9(2)3-6-12(16)17/h4-5,7,9H,3,6H2,1-2H3,(H,15,18)(H,16,17). The van der Waals surface area contributed by atoms with Crippen LogP contribution in [-0.4, -0.2) is 23.0 Å². The van der Waals surface area contributed by atoms with Gasteiger partial charge in [-0.1, -0.05) is 0 Å². The third-order valence-electron chi connectivity index (χ3n) is 2.59. The first-order chi connectivity index (χ1) is 8.40. The van der Waals surface area contributed by atoms with Crippen molar-refractivity contribution >= 4 is 11.9 Å². The SMILES string of the molecule is Cc1cc(C(=O)NC(C)CCC(=O)O)ccc1F. The molecule has 0 spiro atoms. The van der Waals surface area contributed by atoms with E-state index in [1.54, 1.807) is 13.8 Å². The predicted octanol–water partition coefficient (Wildman–Crippen LogP) is 2.12. The lowest BCUT2D eigenvalue weighted by Gasteiger charge is -2.13. The number of carbonyl (C=O) groups excluding carboxylic acids is 1. The number of carboxylic acid groups (broad SMARTS) is 1. The number of halogens is 1. The Kier molecular flexibility index (Phi) is 4.83. The molecule has 1 rings (SSSR count). The summed E-state index contributed by atoms with van der Waals surface area (Å²) in [5.41, 5.74) is 0.775. The Balaban J connectivity index is 2.59. The van der Waals surface area contributed by atoms with Crippen LogP contribution >= 0.6 is 0 Å². The summed E-state index contributed by atoms with van der Waals surface area (Å²) in [5, 5.41) is 11.2. The average Bonchev–Trinajstić information content (AvgIpc) is 2.30. The second-order valence-electron chi connectivity index (χ2n) is 4.27. The highest BCUT2D eigenvalue weighted by molar-refractivity contribution is 5.94. The van der Waals surface area contributed by atoms with Gasteiger partial charge in [-0.2, -0.15) is 0 Å². The van der Waals surface area contributed by atoms with E-state index < -0.39 is 5.97 Å². The van der Waals surface area contributed by atoms with Crippen molar-refractivity contribution in [2.75, 3.05) is 0 Å². The van der Waals surface area contributed by atoms with Gasteiger partial charge in [-0.05, 0) is 44.0 Å². The van der Waals surface area contributed by atoms with Gasteiger partial charge >= 0.3 is 5.97 Å².